The van der Waals surface area contributed by atoms with E-state index in [4.69, 9.17) is 47.6 Å². The quantitative estimate of drug-likeness (QED) is 0.143. The Morgan fingerprint density at radius 2 is 1.51 bits per heavy atom. The average Bonchev–Trinajstić information content (AvgIpc) is 3.98. The van der Waals surface area contributed by atoms with Gasteiger partial charge in [0.05, 0.1) is 36.2 Å². The minimum absolute atomic E-state index is 0.0645. The zero-order valence-electron chi connectivity index (χ0n) is 31.5. The van der Waals surface area contributed by atoms with Gasteiger partial charge in [-0.3, -0.25) is 9.59 Å². The Balaban J connectivity index is 0.000000622. The highest BCUT2D eigenvalue weighted by Crippen LogP contribution is 2.40. The lowest BCUT2D eigenvalue weighted by molar-refractivity contribution is -0.190. The van der Waals surface area contributed by atoms with Crippen molar-refractivity contribution in [1.29, 1.82) is 0 Å². The van der Waals surface area contributed by atoms with Crippen LogP contribution in [-0.2, 0) is 31.4 Å². The Kier molecular flexibility index (Phi) is 13.5. The molecule has 0 saturated carbocycles. The van der Waals surface area contributed by atoms with Gasteiger partial charge >= 0.3 is 17.6 Å². The number of piperazine rings is 1. The van der Waals surface area contributed by atoms with Crippen molar-refractivity contribution < 1.29 is 34.0 Å². The molecule has 5 aromatic rings. The van der Waals surface area contributed by atoms with Crippen molar-refractivity contribution in [2.75, 3.05) is 49.2 Å². The van der Waals surface area contributed by atoms with Gasteiger partial charge < -0.3 is 34.2 Å². The molecule has 2 saturated heterocycles. The summed E-state index contributed by atoms with van der Waals surface area (Å²) in [5.41, 5.74) is 3.64. The van der Waals surface area contributed by atoms with Gasteiger partial charge in [-0.2, -0.15) is 10.2 Å². The van der Waals surface area contributed by atoms with Crippen molar-refractivity contribution in [2.24, 2.45) is 0 Å². The van der Waals surface area contributed by atoms with Crippen LogP contribution in [0.25, 0.3) is 5.69 Å². The fourth-order valence-electron chi connectivity index (χ4n) is 6.45. The van der Waals surface area contributed by atoms with E-state index < -0.39 is 17.7 Å². The number of carbonyl (C=O) groups is 2. The molecule has 2 N–H and O–H groups in total. The molecular weight excluding hydrogens is 779 g/mol. The Hall–Kier alpha value is -5.42. The number of anilines is 2. The van der Waals surface area contributed by atoms with E-state index in [1.807, 2.05) is 44.2 Å². The maximum atomic E-state index is 12.8. The standard InChI is InChI=1S/C35H38Cl2N8O4.C4H6O4/c1-3-25(2)45-34(46)44(24-40-45)29-7-5-27(6-8-29)41-14-16-42(17-15-41)28-9-11-30(12-10-28)47-19-31-20-48-35(49-31,21-43-23-38-22-39-43)32-13-4-26(36)18-33(32)37;5-3(6)1-2-4(7)8/h4-13,18,22-25,31H,3,14-17,19-21H2,1-2H3;1-2H2,(H,5,6)(H,7,8)/t25?,31-,35-;/m0./s1. The van der Waals surface area contributed by atoms with Gasteiger partial charge in [0.1, 0.15) is 44.0 Å². The molecule has 2 aliphatic heterocycles. The van der Waals surface area contributed by atoms with Crippen LogP contribution in [0.2, 0.25) is 10.0 Å². The van der Waals surface area contributed by atoms with Crippen molar-refractivity contribution >= 4 is 46.5 Å². The van der Waals surface area contributed by atoms with E-state index in [-0.39, 0.29) is 37.2 Å². The second kappa shape index (κ2) is 18.7. The SMILES string of the molecule is CCC(C)n1ncn(-c2ccc(N3CCN(c4ccc(OC[C@H]5CO[C@](Cn6cncn6)(c6ccc(Cl)cc6Cl)O5)cc4)CC3)cc2)c1=O.O=C(O)CCC(=O)O. The van der Waals surface area contributed by atoms with Crippen LogP contribution in [0.1, 0.15) is 44.7 Å². The number of halogens is 2. The van der Waals surface area contributed by atoms with Crippen molar-refractivity contribution in [3.63, 3.8) is 0 Å². The summed E-state index contributed by atoms with van der Waals surface area (Å²) in [7, 11) is 0. The average molecular weight is 824 g/mol. The molecule has 3 atom stereocenters. The highest BCUT2D eigenvalue weighted by atomic mass is 35.5. The predicted molar refractivity (Wildman–Crippen MR) is 213 cm³/mol. The number of benzene rings is 3. The molecule has 302 valence electrons. The molecule has 2 fully saturated rings. The van der Waals surface area contributed by atoms with Gasteiger partial charge in [-0.25, -0.2) is 23.7 Å². The first-order chi connectivity index (χ1) is 27.4. The Labute approximate surface area is 338 Å². The molecule has 0 radical (unpaired) electrons. The highest BCUT2D eigenvalue weighted by Gasteiger charge is 2.45. The summed E-state index contributed by atoms with van der Waals surface area (Å²) in [6.45, 7) is 8.48. The Morgan fingerprint density at radius 1 is 0.895 bits per heavy atom. The fraction of sp³-hybridized carbons (Fsp3) is 0.385. The van der Waals surface area contributed by atoms with Crippen LogP contribution in [-0.4, -0.2) is 96.8 Å². The minimum Gasteiger partial charge on any atom is -0.491 e. The van der Waals surface area contributed by atoms with E-state index in [1.54, 1.807) is 34.0 Å². The first-order valence-electron chi connectivity index (χ1n) is 18.5. The first-order valence-corrected chi connectivity index (χ1v) is 19.2. The molecule has 7 rings (SSSR count). The summed E-state index contributed by atoms with van der Waals surface area (Å²) in [4.78, 5) is 40.9. The Morgan fingerprint density at radius 3 is 2.07 bits per heavy atom. The van der Waals surface area contributed by atoms with Crippen molar-refractivity contribution in [2.45, 2.75) is 57.6 Å². The molecule has 0 spiro atoms. The molecule has 2 aliphatic rings. The minimum atomic E-state index is -1.16. The van der Waals surface area contributed by atoms with E-state index >= 15 is 0 Å². The van der Waals surface area contributed by atoms with Gasteiger partial charge in [-0.15, -0.1) is 0 Å². The third-order valence-corrected chi connectivity index (χ3v) is 10.3. The number of carboxylic acids is 2. The van der Waals surface area contributed by atoms with E-state index in [9.17, 15) is 14.4 Å². The van der Waals surface area contributed by atoms with E-state index in [0.29, 0.717) is 28.8 Å². The molecule has 0 amide bonds. The number of rotatable bonds is 14. The zero-order valence-corrected chi connectivity index (χ0v) is 33.0. The maximum absolute atomic E-state index is 12.8. The monoisotopic (exact) mass is 822 g/mol. The normalized spacial score (nSPS) is 18.5. The van der Waals surface area contributed by atoms with Crippen LogP contribution in [0, 0.1) is 0 Å². The van der Waals surface area contributed by atoms with E-state index in [1.165, 1.54) is 11.0 Å². The highest BCUT2D eigenvalue weighted by molar-refractivity contribution is 6.35. The maximum Gasteiger partial charge on any atom is 0.350 e. The molecule has 1 unspecified atom stereocenters. The summed E-state index contributed by atoms with van der Waals surface area (Å²) in [6, 6.07) is 21.6. The van der Waals surface area contributed by atoms with Gasteiger partial charge in [-0.1, -0.05) is 36.2 Å². The van der Waals surface area contributed by atoms with Crippen LogP contribution in [0.5, 0.6) is 5.75 Å². The van der Waals surface area contributed by atoms with Crippen LogP contribution in [0.15, 0.2) is 90.5 Å². The second-order valence-electron chi connectivity index (χ2n) is 13.6. The van der Waals surface area contributed by atoms with Gasteiger partial charge in [0.25, 0.3) is 0 Å². The summed E-state index contributed by atoms with van der Waals surface area (Å²) in [6.07, 6.45) is 4.60. The van der Waals surface area contributed by atoms with Crippen molar-refractivity contribution in [1.82, 2.24) is 29.1 Å². The van der Waals surface area contributed by atoms with Gasteiger partial charge in [0.2, 0.25) is 5.79 Å². The van der Waals surface area contributed by atoms with Crippen molar-refractivity contribution in [3.8, 4) is 11.4 Å². The summed E-state index contributed by atoms with van der Waals surface area (Å²) >= 11 is 12.7. The zero-order chi connectivity index (χ0) is 40.5. The lowest BCUT2D eigenvalue weighted by Crippen LogP contribution is -2.46. The molecule has 0 aliphatic carbocycles. The lowest BCUT2D eigenvalue weighted by Gasteiger charge is -2.37. The van der Waals surface area contributed by atoms with Crippen LogP contribution >= 0.6 is 23.2 Å². The van der Waals surface area contributed by atoms with Gasteiger partial charge in [0.15, 0.2) is 0 Å². The fourth-order valence-corrected chi connectivity index (χ4v) is 7.01. The number of ether oxygens (including phenoxy) is 3. The van der Waals surface area contributed by atoms with E-state index in [0.717, 1.165) is 55.4 Å². The number of hydrogen-bond donors (Lipinski definition) is 2. The predicted octanol–water partition coefficient (Wildman–Crippen LogP) is 5.51. The van der Waals surface area contributed by atoms with Crippen LogP contribution in [0.3, 0.4) is 0 Å². The molecule has 57 heavy (non-hydrogen) atoms. The first kappa shape index (κ1) is 41.2. The largest absolute Gasteiger partial charge is 0.491 e. The van der Waals surface area contributed by atoms with Crippen LogP contribution in [0.4, 0.5) is 11.4 Å². The molecular formula is C39H44Cl2N8O8. The Bertz CT molecular complexity index is 2140. The number of aliphatic carboxylic acids is 2. The third kappa shape index (κ3) is 10.3. The topological polar surface area (TPSA) is 179 Å². The lowest BCUT2D eigenvalue weighted by atomic mass is 10.1. The summed E-state index contributed by atoms with van der Waals surface area (Å²) in [5, 5.41) is 25.3. The molecule has 16 nitrogen and oxygen atoms in total. The van der Waals surface area contributed by atoms with Gasteiger partial charge in [0, 0.05) is 48.1 Å². The van der Waals surface area contributed by atoms with Crippen molar-refractivity contribution in [3.05, 3.63) is 112 Å². The molecule has 3 aromatic carbocycles. The van der Waals surface area contributed by atoms with E-state index in [2.05, 4.69) is 49.2 Å². The number of nitrogens with zero attached hydrogens (tertiary/aromatic N) is 8. The molecule has 0 bridgehead atoms. The molecule has 18 heteroatoms. The van der Waals surface area contributed by atoms with Gasteiger partial charge in [-0.05, 0) is 74.0 Å². The number of hydrogen-bond acceptors (Lipinski definition) is 11. The number of carboxylic acid groups (broad SMARTS) is 2. The smallest absolute Gasteiger partial charge is 0.350 e. The summed E-state index contributed by atoms with van der Waals surface area (Å²) < 4.78 is 23.7. The number of aromatic nitrogens is 6. The van der Waals surface area contributed by atoms with Crippen LogP contribution < -0.4 is 20.2 Å². The molecule has 4 heterocycles. The molecule has 2 aromatic heterocycles. The third-order valence-electron chi connectivity index (χ3n) is 9.70. The summed E-state index contributed by atoms with van der Waals surface area (Å²) in [5.74, 6) is -2.56. The second-order valence-corrected chi connectivity index (χ2v) is 14.4.